The minimum atomic E-state index is -3.30. The molecule has 0 aromatic heterocycles. The summed E-state index contributed by atoms with van der Waals surface area (Å²) in [7, 11) is 0.162. The van der Waals surface area contributed by atoms with Gasteiger partial charge in [-0.05, 0) is 37.1 Å². The van der Waals surface area contributed by atoms with Crippen LogP contribution in [-0.4, -0.2) is 32.9 Å². The fourth-order valence-corrected chi connectivity index (χ4v) is 3.01. The highest BCUT2D eigenvalue weighted by Gasteiger charge is 2.34. The molecule has 1 saturated carbocycles. The van der Waals surface area contributed by atoms with Crippen LogP contribution in [0, 0.1) is 0 Å². The molecule has 0 unspecified atom stereocenters. The lowest BCUT2D eigenvalue weighted by Crippen LogP contribution is -2.28. The Kier molecular flexibility index (Phi) is 2.90. The Labute approximate surface area is 96.3 Å². The summed E-state index contributed by atoms with van der Waals surface area (Å²) in [6.07, 6.45) is 1.95. The van der Waals surface area contributed by atoms with E-state index in [9.17, 15) is 8.42 Å². The quantitative estimate of drug-likeness (QED) is 0.868. The second kappa shape index (κ2) is 4.07. The third kappa shape index (κ3) is 2.05. The zero-order valence-corrected chi connectivity index (χ0v) is 10.3. The minimum Gasteiger partial charge on any atom is -0.388 e. The number of hydrogen-bond donors (Lipinski definition) is 1. The first-order chi connectivity index (χ1) is 7.55. The molecule has 0 amide bonds. The Morgan fingerprint density at radius 2 is 1.81 bits per heavy atom. The Hall–Kier alpha value is -1.07. The van der Waals surface area contributed by atoms with E-state index >= 15 is 0 Å². The van der Waals surface area contributed by atoms with Gasteiger partial charge in [-0.25, -0.2) is 8.42 Å². The van der Waals surface area contributed by atoms with Crippen molar-refractivity contribution >= 4 is 15.7 Å². The lowest BCUT2D eigenvalue weighted by Gasteiger charge is -2.16. The largest absolute Gasteiger partial charge is 0.388 e. The molecule has 0 spiro atoms. The number of rotatable bonds is 4. The highest BCUT2D eigenvalue weighted by molar-refractivity contribution is 7.89. The second-order valence-electron chi connectivity index (χ2n) is 4.03. The van der Waals surface area contributed by atoms with Gasteiger partial charge in [-0.2, -0.15) is 4.31 Å². The Morgan fingerprint density at radius 3 is 2.25 bits per heavy atom. The van der Waals surface area contributed by atoms with Gasteiger partial charge in [-0.1, -0.05) is 0 Å². The Balaban J connectivity index is 2.27. The van der Waals surface area contributed by atoms with Crippen molar-refractivity contribution in [2.75, 3.05) is 19.4 Å². The summed E-state index contributed by atoms with van der Waals surface area (Å²) in [5, 5.41) is 2.96. The van der Waals surface area contributed by atoms with Gasteiger partial charge in [0.25, 0.3) is 0 Å². The van der Waals surface area contributed by atoms with Crippen molar-refractivity contribution in [1.82, 2.24) is 4.31 Å². The van der Waals surface area contributed by atoms with Gasteiger partial charge < -0.3 is 5.32 Å². The first-order valence-electron chi connectivity index (χ1n) is 5.31. The molecule has 0 heterocycles. The first-order valence-corrected chi connectivity index (χ1v) is 6.75. The molecule has 1 aliphatic rings. The predicted octanol–water partition coefficient (Wildman–Crippen LogP) is 1.51. The van der Waals surface area contributed by atoms with Gasteiger partial charge >= 0.3 is 0 Å². The average molecular weight is 240 g/mol. The van der Waals surface area contributed by atoms with Crippen LogP contribution in [0.25, 0.3) is 0 Å². The van der Waals surface area contributed by atoms with Crippen LogP contribution in [-0.2, 0) is 10.0 Å². The number of hydrogen-bond acceptors (Lipinski definition) is 3. The Morgan fingerprint density at radius 1 is 1.25 bits per heavy atom. The number of benzene rings is 1. The van der Waals surface area contributed by atoms with E-state index in [1.165, 1.54) is 4.31 Å². The standard InChI is InChI=1S/C11H16N2O2S/c1-12-9-3-7-11(8-4-9)16(14,15)13(2)10-5-6-10/h3-4,7-8,10,12H,5-6H2,1-2H3. The molecule has 1 aliphatic carbocycles. The van der Waals surface area contributed by atoms with Crippen molar-refractivity contribution in [2.45, 2.75) is 23.8 Å². The van der Waals surface area contributed by atoms with Crippen LogP contribution >= 0.6 is 0 Å². The van der Waals surface area contributed by atoms with E-state index in [1.807, 2.05) is 0 Å². The van der Waals surface area contributed by atoms with Crippen LogP contribution in [0.3, 0.4) is 0 Å². The van der Waals surface area contributed by atoms with E-state index < -0.39 is 10.0 Å². The summed E-state index contributed by atoms with van der Waals surface area (Å²) in [6, 6.07) is 7.02. The molecular weight excluding hydrogens is 224 g/mol. The topological polar surface area (TPSA) is 49.4 Å². The fourth-order valence-electron chi connectivity index (χ4n) is 1.59. The normalized spacial score (nSPS) is 16.4. The summed E-state index contributed by atoms with van der Waals surface area (Å²) in [4.78, 5) is 0.362. The van der Waals surface area contributed by atoms with Gasteiger partial charge in [0.05, 0.1) is 4.90 Å². The van der Waals surface area contributed by atoms with Crippen LogP contribution in [0.2, 0.25) is 0 Å². The number of sulfonamides is 1. The molecule has 1 aromatic carbocycles. The average Bonchev–Trinajstić information content (AvgIpc) is 3.12. The summed E-state index contributed by atoms with van der Waals surface area (Å²) in [5.41, 5.74) is 0.910. The van der Waals surface area contributed by atoms with Gasteiger partial charge in [-0.15, -0.1) is 0 Å². The van der Waals surface area contributed by atoms with Crippen molar-refractivity contribution in [3.63, 3.8) is 0 Å². The maximum atomic E-state index is 12.1. The van der Waals surface area contributed by atoms with E-state index in [0.29, 0.717) is 4.90 Å². The predicted molar refractivity (Wildman–Crippen MR) is 64.0 cm³/mol. The number of anilines is 1. The van der Waals surface area contributed by atoms with E-state index in [1.54, 1.807) is 38.4 Å². The molecule has 0 saturated heterocycles. The minimum absolute atomic E-state index is 0.203. The maximum absolute atomic E-state index is 12.1. The number of nitrogens with one attached hydrogen (secondary N) is 1. The fraction of sp³-hybridized carbons (Fsp3) is 0.455. The molecule has 0 aliphatic heterocycles. The molecule has 88 valence electrons. The summed E-state index contributed by atoms with van der Waals surface area (Å²) < 4.78 is 25.7. The zero-order valence-electron chi connectivity index (χ0n) is 9.47. The number of nitrogens with zero attached hydrogens (tertiary/aromatic N) is 1. The molecule has 0 radical (unpaired) electrons. The van der Waals surface area contributed by atoms with E-state index in [2.05, 4.69) is 5.32 Å². The maximum Gasteiger partial charge on any atom is 0.243 e. The summed E-state index contributed by atoms with van der Waals surface area (Å²) >= 11 is 0. The molecule has 16 heavy (non-hydrogen) atoms. The summed E-state index contributed by atoms with van der Waals surface area (Å²) in [5.74, 6) is 0. The first kappa shape index (κ1) is 11.4. The smallest absolute Gasteiger partial charge is 0.243 e. The third-order valence-electron chi connectivity index (χ3n) is 2.88. The molecule has 1 N–H and O–H groups in total. The molecule has 5 heteroatoms. The highest BCUT2D eigenvalue weighted by atomic mass is 32.2. The van der Waals surface area contributed by atoms with Gasteiger partial charge in [-0.3, -0.25) is 0 Å². The van der Waals surface area contributed by atoms with Crippen LogP contribution in [0.4, 0.5) is 5.69 Å². The molecular formula is C11H16N2O2S. The molecule has 1 fully saturated rings. The SMILES string of the molecule is CNc1ccc(S(=O)(=O)N(C)C2CC2)cc1. The van der Waals surface area contributed by atoms with Crippen molar-refractivity contribution in [3.05, 3.63) is 24.3 Å². The monoisotopic (exact) mass is 240 g/mol. The van der Waals surface area contributed by atoms with Crippen LogP contribution in [0.15, 0.2) is 29.2 Å². The highest BCUT2D eigenvalue weighted by Crippen LogP contribution is 2.30. The lowest BCUT2D eigenvalue weighted by atomic mass is 10.3. The van der Waals surface area contributed by atoms with Crippen LogP contribution < -0.4 is 5.32 Å². The molecule has 2 rings (SSSR count). The van der Waals surface area contributed by atoms with E-state index in [-0.39, 0.29) is 6.04 Å². The van der Waals surface area contributed by atoms with Crippen molar-refractivity contribution < 1.29 is 8.42 Å². The van der Waals surface area contributed by atoms with Crippen molar-refractivity contribution in [3.8, 4) is 0 Å². The molecule has 4 nitrogen and oxygen atoms in total. The van der Waals surface area contributed by atoms with E-state index in [0.717, 1.165) is 18.5 Å². The van der Waals surface area contributed by atoms with Gasteiger partial charge in [0, 0.05) is 25.8 Å². The second-order valence-corrected chi connectivity index (χ2v) is 6.02. The lowest BCUT2D eigenvalue weighted by molar-refractivity contribution is 0.464. The molecule has 0 bridgehead atoms. The molecule has 1 aromatic rings. The van der Waals surface area contributed by atoms with Crippen LogP contribution in [0.1, 0.15) is 12.8 Å². The Bertz CT molecular complexity index is 463. The third-order valence-corrected chi connectivity index (χ3v) is 4.81. The van der Waals surface area contributed by atoms with Gasteiger partial charge in [0.2, 0.25) is 10.0 Å². The van der Waals surface area contributed by atoms with E-state index in [4.69, 9.17) is 0 Å². The van der Waals surface area contributed by atoms with Gasteiger partial charge in [0.1, 0.15) is 0 Å². The zero-order chi connectivity index (χ0) is 11.8. The van der Waals surface area contributed by atoms with Crippen LogP contribution in [0.5, 0.6) is 0 Å². The molecule has 0 atom stereocenters. The van der Waals surface area contributed by atoms with Crippen molar-refractivity contribution in [2.24, 2.45) is 0 Å². The summed E-state index contributed by atoms with van der Waals surface area (Å²) in [6.45, 7) is 0. The van der Waals surface area contributed by atoms with Gasteiger partial charge in [0.15, 0.2) is 0 Å². The van der Waals surface area contributed by atoms with Crippen molar-refractivity contribution in [1.29, 1.82) is 0 Å².